The fourth-order valence-corrected chi connectivity index (χ4v) is 2.04. The lowest BCUT2D eigenvalue weighted by atomic mass is 10.1. The normalized spacial score (nSPS) is 13.6. The van der Waals surface area contributed by atoms with Gasteiger partial charge in [-0.05, 0) is 6.07 Å². The molecule has 0 spiro atoms. The molecule has 2 aromatic heterocycles. The fourth-order valence-electron chi connectivity index (χ4n) is 1.25. The Labute approximate surface area is 98.6 Å². The van der Waals surface area contributed by atoms with Crippen molar-refractivity contribution in [2.75, 3.05) is 0 Å². The fraction of sp³-hybridized carbons (Fsp3) is 0.200. The van der Waals surface area contributed by atoms with E-state index in [2.05, 4.69) is 9.97 Å². The number of pyridine rings is 1. The molecule has 2 rings (SSSR count). The zero-order chi connectivity index (χ0) is 12.5. The molecule has 0 amide bonds. The predicted molar refractivity (Wildman–Crippen MR) is 55.4 cm³/mol. The molecule has 1 unspecified atom stereocenters. The number of hydrogen-bond acceptors (Lipinski definition) is 4. The highest BCUT2D eigenvalue weighted by Crippen LogP contribution is 2.35. The SMILES string of the molecule is OC(c1cccnc1)c1cnc(C(F)(F)F)s1. The molecule has 0 aliphatic heterocycles. The Balaban J connectivity index is 2.27. The van der Waals surface area contributed by atoms with Crippen LogP contribution in [0.2, 0.25) is 0 Å². The molecule has 1 N–H and O–H groups in total. The molecular weight excluding hydrogens is 253 g/mol. The van der Waals surface area contributed by atoms with Gasteiger partial charge < -0.3 is 5.11 Å². The molecule has 90 valence electrons. The van der Waals surface area contributed by atoms with Crippen LogP contribution in [0.5, 0.6) is 0 Å². The summed E-state index contributed by atoms with van der Waals surface area (Å²) in [5.74, 6) is 0. The Hall–Kier alpha value is -1.47. The van der Waals surface area contributed by atoms with E-state index in [9.17, 15) is 18.3 Å². The number of aliphatic hydroxyl groups is 1. The maximum Gasteiger partial charge on any atom is 0.443 e. The Bertz CT molecular complexity index is 498. The van der Waals surface area contributed by atoms with Crippen LogP contribution in [-0.4, -0.2) is 15.1 Å². The van der Waals surface area contributed by atoms with Crippen molar-refractivity contribution in [3.63, 3.8) is 0 Å². The Morgan fingerprint density at radius 1 is 1.29 bits per heavy atom. The van der Waals surface area contributed by atoms with Crippen LogP contribution in [0.4, 0.5) is 13.2 Å². The molecule has 0 saturated heterocycles. The van der Waals surface area contributed by atoms with Gasteiger partial charge in [0.15, 0.2) is 5.01 Å². The van der Waals surface area contributed by atoms with Crippen molar-refractivity contribution in [2.45, 2.75) is 12.3 Å². The molecule has 2 heterocycles. The average Bonchev–Trinajstić information content (AvgIpc) is 2.78. The zero-order valence-electron chi connectivity index (χ0n) is 8.35. The van der Waals surface area contributed by atoms with Crippen LogP contribution < -0.4 is 0 Å². The van der Waals surface area contributed by atoms with Crippen LogP contribution in [0.15, 0.2) is 30.7 Å². The van der Waals surface area contributed by atoms with Gasteiger partial charge in [-0.15, -0.1) is 11.3 Å². The monoisotopic (exact) mass is 260 g/mol. The van der Waals surface area contributed by atoms with E-state index in [0.717, 1.165) is 6.20 Å². The van der Waals surface area contributed by atoms with E-state index >= 15 is 0 Å². The Kier molecular flexibility index (Phi) is 3.12. The van der Waals surface area contributed by atoms with Gasteiger partial charge in [0, 0.05) is 24.2 Å². The Morgan fingerprint density at radius 2 is 2.06 bits per heavy atom. The maximum absolute atomic E-state index is 12.3. The number of nitrogens with zero attached hydrogens (tertiary/aromatic N) is 2. The molecule has 0 aliphatic carbocycles. The summed E-state index contributed by atoms with van der Waals surface area (Å²) < 4.78 is 37.0. The van der Waals surface area contributed by atoms with Crippen molar-refractivity contribution in [1.29, 1.82) is 0 Å². The molecule has 1 atom stereocenters. The average molecular weight is 260 g/mol. The van der Waals surface area contributed by atoms with Crippen molar-refractivity contribution in [3.05, 3.63) is 46.2 Å². The maximum atomic E-state index is 12.3. The molecule has 0 bridgehead atoms. The van der Waals surface area contributed by atoms with Crippen LogP contribution in [-0.2, 0) is 6.18 Å². The van der Waals surface area contributed by atoms with Gasteiger partial charge in [0.1, 0.15) is 6.10 Å². The first-order chi connectivity index (χ1) is 7.98. The van der Waals surface area contributed by atoms with E-state index in [1.807, 2.05) is 0 Å². The first-order valence-corrected chi connectivity index (χ1v) is 5.41. The summed E-state index contributed by atoms with van der Waals surface area (Å²) in [5.41, 5.74) is 0.435. The van der Waals surface area contributed by atoms with E-state index in [4.69, 9.17) is 0 Å². The van der Waals surface area contributed by atoms with Crippen molar-refractivity contribution in [3.8, 4) is 0 Å². The zero-order valence-corrected chi connectivity index (χ0v) is 9.16. The van der Waals surface area contributed by atoms with E-state index in [1.54, 1.807) is 12.1 Å². The standard InChI is InChI=1S/C10H7F3N2OS/c11-10(12,13)9-15-5-7(17-9)8(16)6-2-1-3-14-4-6/h1-5,8,16H. The van der Waals surface area contributed by atoms with E-state index in [0.29, 0.717) is 16.9 Å². The predicted octanol–water partition coefficient (Wildman–Crippen LogP) is 2.64. The van der Waals surface area contributed by atoms with Crippen LogP contribution in [0, 0.1) is 0 Å². The highest BCUT2D eigenvalue weighted by atomic mass is 32.1. The second-order valence-corrected chi connectivity index (χ2v) is 4.32. The minimum absolute atomic E-state index is 0.144. The second kappa shape index (κ2) is 4.42. The summed E-state index contributed by atoms with van der Waals surface area (Å²) in [6.07, 6.45) is -1.65. The summed E-state index contributed by atoms with van der Waals surface area (Å²) >= 11 is 0.429. The second-order valence-electron chi connectivity index (χ2n) is 3.25. The quantitative estimate of drug-likeness (QED) is 0.902. The first-order valence-electron chi connectivity index (χ1n) is 4.59. The lowest BCUT2D eigenvalue weighted by Gasteiger charge is -2.06. The number of alkyl halides is 3. The van der Waals surface area contributed by atoms with Crippen molar-refractivity contribution in [2.24, 2.45) is 0 Å². The third kappa shape index (κ3) is 2.62. The minimum Gasteiger partial charge on any atom is -0.383 e. The van der Waals surface area contributed by atoms with Gasteiger partial charge in [0.2, 0.25) is 0 Å². The van der Waals surface area contributed by atoms with Gasteiger partial charge in [-0.2, -0.15) is 13.2 Å². The molecule has 17 heavy (non-hydrogen) atoms. The summed E-state index contributed by atoms with van der Waals surface area (Å²) in [7, 11) is 0. The van der Waals surface area contributed by atoms with Crippen LogP contribution in [0.25, 0.3) is 0 Å². The van der Waals surface area contributed by atoms with E-state index in [-0.39, 0.29) is 4.88 Å². The smallest absolute Gasteiger partial charge is 0.383 e. The molecule has 2 aromatic rings. The number of hydrogen-bond donors (Lipinski definition) is 1. The third-order valence-electron chi connectivity index (χ3n) is 2.04. The lowest BCUT2D eigenvalue weighted by molar-refractivity contribution is -0.137. The van der Waals surface area contributed by atoms with E-state index in [1.165, 1.54) is 12.4 Å². The molecule has 0 radical (unpaired) electrons. The summed E-state index contributed by atoms with van der Waals surface area (Å²) in [4.78, 5) is 7.18. The third-order valence-corrected chi connectivity index (χ3v) is 3.13. The summed E-state index contributed by atoms with van der Waals surface area (Å²) in [6, 6.07) is 3.19. The van der Waals surface area contributed by atoms with Gasteiger partial charge in [-0.1, -0.05) is 6.07 Å². The van der Waals surface area contributed by atoms with Crippen LogP contribution >= 0.6 is 11.3 Å². The number of halogens is 3. The number of thiazole rings is 1. The molecule has 0 aromatic carbocycles. The van der Waals surface area contributed by atoms with Crippen molar-refractivity contribution >= 4 is 11.3 Å². The largest absolute Gasteiger partial charge is 0.443 e. The highest BCUT2D eigenvalue weighted by molar-refractivity contribution is 7.11. The van der Waals surface area contributed by atoms with Gasteiger partial charge in [0.05, 0.1) is 4.88 Å². The van der Waals surface area contributed by atoms with Gasteiger partial charge in [-0.25, -0.2) is 4.98 Å². The number of aliphatic hydroxyl groups excluding tert-OH is 1. The molecule has 0 aliphatic rings. The minimum atomic E-state index is -4.47. The van der Waals surface area contributed by atoms with Gasteiger partial charge in [0.25, 0.3) is 0 Å². The van der Waals surface area contributed by atoms with Crippen molar-refractivity contribution in [1.82, 2.24) is 9.97 Å². The number of rotatable bonds is 2. The lowest BCUT2D eigenvalue weighted by Crippen LogP contribution is -2.03. The molecule has 0 fully saturated rings. The number of aromatic nitrogens is 2. The van der Waals surface area contributed by atoms with Gasteiger partial charge in [-0.3, -0.25) is 4.98 Å². The first kappa shape index (κ1) is 12.0. The summed E-state index contributed by atoms with van der Waals surface area (Å²) in [6.45, 7) is 0. The molecule has 7 heteroatoms. The molecule has 3 nitrogen and oxygen atoms in total. The summed E-state index contributed by atoms with van der Waals surface area (Å²) in [5, 5.41) is 8.87. The Morgan fingerprint density at radius 3 is 2.59 bits per heavy atom. The highest BCUT2D eigenvalue weighted by Gasteiger charge is 2.35. The molecular formula is C10H7F3N2OS. The van der Waals surface area contributed by atoms with Gasteiger partial charge >= 0.3 is 6.18 Å². The van der Waals surface area contributed by atoms with E-state index < -0.39 is 17.3 Å². The van der Waals surface area contributed by atoms with Crippen LogP contribution in [0.1, 0.15) is 21.6 Å². The van der Waals surface area contributed by atoms with Crippen molar-refractivity contribution < 1.29 is 18.3 Å². The topological polar surface area (TPSA) is 46.0 Å². The van der Waals surface area contributed by atoms with Crippen LogP contribution in [0.3, 0.4) is 0 Å². The molecule has 0 saturated carbocycles.